The molecule has 1 aliphatic rings. The van der Waals surface area contributed by atoms with Crippen molar-refractivity contribution in [2.24, 2.45) is 40.5 Å². The lowest BCUT2D eigenvalue weighted by Crippen LogP contribution is -2.62. The van der Waals surface area contributed by atoms with E-state index in [4.69, 9.17) is 46.2 Å². The van der Waals surface area contributed by atoms with Gasteiger partial charge in [-0.3, -0.25) is 61.8 Å². The van der Waals surface area contributed by atoms with Crippen molar-refractivity contribution >= 4 is 75.4 Å². The van der Waals surface area contributed by atoms with Crippen molar-refractivity contribution in [3.05, 3.63) is 0 Å². The molecule has 0 unspecified atom stereocenters. The molecule has 0 aliphatic carbocycles. The van der Waals surface area contributed by atoms with Gasteiger partial charge in [-0.05, 0) is 116 Å². The van der Waals surface area contributed by atoms with E-state index in [9.17, 15) is 63.0 Å². The van der Waals surface area contributed by atoms with Crippen molar-refractivity contribution in [2.75, 3.05) is 39.3 Å². The monoisotopic (exact) mass is 1240 g/mol. The summed E-state index contributed by atoms with van der Waals surface area (Å²) in [5.41, 5.74) is 29.2. The van der Waals surface area contributed by atoms with Crippen molar-refractivity contribution in [2.45, 2.75) is 205 Å². The summed E-state index contributed by atoms with van der Waals surface area (Å²) >= 11 is 0. The minimum absolute atomic E-state index is 0.0110. The third kappa shape index (κ3) is 32.7. The minimum Gasteiger partial charge on any atom is -0.391 e. The highest BCUT2D eigenvalue weighted by Gasteiger charge is 2.37. The molecule has 0 aromatic carbocycles. The maximum absolute atomic E-state index is 14.4. The second kappa shape index (κ2) is 41.7. The highest BCUT2D eigenvalue weighted by Crippen LogP contribution is 2.12. The number of unbranched alkanes of at least 4 members (excludes halogenated alkanes) is 3. The summed E-state index contributed by atoms with van der Waals surface area (Å²) < 4.78 is 31.6. The van der Waals surface area contributed by atoms with Crippen LogP contribution in [0.25, 0.3) is 0 Å². The third-order valence-corrected chi connectivity index (χ3v) is 12.9. The van der Waals surface area contributed by atoms with Crippen LogP contribution >= 0.6 is 0 Å². The number of aliphatic hydroxyl groups excluding tert-OH is 2. The number of carbonyl (C=O) groups is 11. The molecule has 0 radical (unpaired) electrons. The average molecular weight is 1240 g/mol. The van der Waals surface area contributed by atoms with Crippen LogP contribution in [0.3, 0.4) is 0 Å². The fourth-order valence-electron chi connectivity index (χ4n) is 8.49. The number of hydrogen-bond acceptors (Lipinski definition) is 20. The van der Waals surface area contributed by atoms with Crippen molar-refractivity contribution < 1.29 is 80.5 Å². The zero-order chi connectivity index (χ0) is 65.1. The Hall–Kier alpha value is -6.24. The first kappa shape index (κ1) is 78.8. The van der Waals surface area contributed by atoms with Gasteiger partial charge in [0.15, 0.2) is 0 Å². The van der Waals surface area contributed by atoms with E-state index >= 15 is 0 Å². The Morgan fingerprint density at radius 3 is 1.35 bits per heavy atom. The average Bonchev–Trinajstić information content (AvgIpc) is 3.64. The van der Waals surface area contributed by atoms with Crippen molar-refractivity contribution in [1.82, 2.24) is 58.5 Å². The number of nitrogens with one attached hydrogen (secondary N) is 11. The first-order valence-corrected chi connectivity index (χ1v) is 30.0. The zero-order valence-corrected chi connectivity index (χ0v) is 50.7. The van der Waals surface area contributed by atoms with Gasteiger partial charge < -0.3 is 97.4 Å². The molecule has 12 atom stereocenters. The molecule has 0 bridgehead atoms. The molecule has 1 rings (SSSR count). The van der Waals surface area contributed by atoms with Crippen LogP contribution in [0.5, 0.6) is 0 Å². The van der Waals surface area contributed by atoms with E-state index in [0.717, 1.165) is 19.3 Å². The zero-order valence-electron chi connectivity index (χ0n) is 49.9. The Kier molecular flexibility index (Phi) is 38.7. The number of rotatable bonds is 28. The van der Waals surface area contributed by atoms with Gasteiger partial charge in [-0.2, -0.15) is 8.42 Å². The lowest BCUT2D eigenvalue weighted by atomic mass is 9.99. The Morgan fingerprint density at radius 1 is 0.541 bits per heavy atom. The van der Waals surface area contributed by atoms with Gasteiger partial charge in [-0.15, -0.1) is 0 Å². The minimum atomic E-state index is -4.67. The molecule has 490 valence electrons. The number of nitrogens with two attached hydrogens (primary N) is 5. The summed E-state index contributed by atoms with van der Waals surface area (Å²) in [6.45, 7) is 10.5. The molecule has 0 aromatic rings. The first-order chi connectivity index (χ1) is 39.8. The molecule has 25 N–H and O–H groups in total. The largest absolute Gasteiger partial charge is 0.394 e. The van der Waals surface area contributed by atoms with Crippen LogP contribution in [0.2, 0.25) is 0 Å². The summed E-state index contributed by atoms with van der Waals surface area (Å²) in [6.07, 6.45) is -0.806. The quantitative estimate of drug-likeness (QED) is 0.0256. The molecule has 34 heteroatoms. The number of hydrogen-bond donors (Lipinski definition) is 20. The van der Waals surface area contributed by atoms with Crippen LogP contribution in [0.15, 0.2) is 0 Å². The Morgan fingerprint density at radius 2 is 0.953 bits per heavy atom. The maximum Gasteiger partial charge on any atom is 0.394 e. The van der Waals surface area contributed by atoms with E-state index in [2.05, 4.69) is 58.5 Å². The van der Waals surface area contributed by atoms with E-state index in [1.807, 2.05) is 6.92 Å². The Labute approximate surface area is 497 Å². The predicted molar refractivity (Wildman–Crippen MR) is 310 cm³/mol. The van der Waals surface area contributed by atoms with Crippen molar-refractivity contribution in [3.63, 3.8) is 0 Å². The summed E-state index contributed by atoms with van der Waals surface area (Å²) in [5, 5.41) is 49.4. The maximum atomic E-state index is 14.4. The van der Waals surface area contributed by atoms with E-state index in [1.165, 1.54) is 13.8 Å². The smallest absolute Gasteiger partial charge is 0.391 e. The van der Waals surface area contributed by atoms with Crippen LogP contribution in [0.4, 0.5) is 0 Å². The molecular weight excluding hydrogens is 1140 g/mol. The lowest BCUT2D eigenvalue weighted by molar-refractivity contribution is -0.137. The molecule has 1 saturated heterocycles. The van der Waals surface area contributed by atoms with Crippen molar-refractivity contribution in [1.29, 1.82) is 0 Å². The van der Waals surface area contributed by atoms with Gasteiger partial charge in [-0.25, -0.2) is 0 Å². The molecule has 0 spiro atoms. The normalized spacial score (nSPS) is 22.6. The van der Waals surface area contributed by atoms with Gasteiger partial charge in [0.1, 0.15) is 60.4 Å². The molecule has 0 aromatic heterocycles. The first-order valence-electron chi connectivity index (χ1n) is 28.7. The fourth-order valence-corrected chi connectivity index (χ4v) is 8.49. The molecule has 1 fully saturated rings. The van der Waals surface area contributed by atoms with Crippen molar-refractivity contribution in [3.8, 4) is 0 Å². The number of amides is 11. The third-order valence-electron chi connectivity index (χ3n) is 12.9. The molecule has 11 amide bonds. The van der Waals surface area contributed by atoms with Gasteiger partial charge in [0.05, 0.1) is 12.2 Å². The van der Waals surface area contributed by atoms with Crippen LogP contribution in [-0.2, 0) is 63.1 Å². The molecule has 33 nitrogen and oxygen atoms in total. The van der Waals surface area contributed by atoms with Gasteiger partial charge in [0, 0.05) is 13.0 Å². The van der Waals surface area contributed by atoms with Crippen LogP contribution in [0, 0.1) is 11.8 Å². The second-order valence-corrected chi connectivity index (χ2v) is 22.4. The number of carbonyl (C=O) groups excluding carboxylic acids is 11. The van der Waals surface area contributed by atoms with Crippen LogP contribution < -0.4 is 87.2 Å². The van der Waals surface area contributed by atoms with E-state index in [-0.39, 0.29) is 95.9 Å². The topological polar surface area (TPSA) is 565 Å². The van der Waals surface area contributed by atoms with E-state index in [1.54, 1.807) is 27.7 Å². The van der Waals surface area contributed by atoms with Gasteiger partial charge in [0.2, 0.25) is 65.0 Å². The molecule has 1 heterocycles. The summed E-state index contributed by atoms with van der Waals surface area (Å²) in [7, 11) is -4.67. The second-order valence-electron chi connectivity index (χ2n) is 21.5. The van der Waals surface area contributed by atoms with E-state index in [0.29, 0.717) is 6.42 Å². The van der Waals surface area contributed by atoms with Gasteiger partial charge >= 0.3 is 10.4 Å². The predicted octanol–water partition coefficient (Wildman–Crippen LogP) is -6.73. The summed E-state index contributed by atoms with van der Waals surface area (Å²) in [4.78, 5) is 152. The Bertz CT molecular complexity index is 2260. The van der Waals surface area contributed by atoms with Crippen LogP contribution in [-0.4, -0.2) is 205 Å². The lowest BCUT2D eigenvalue weighted by Gasteiger charge is -2.29. The summed E-state index contributed by atoms with van der Waals surface area (Å²) in [6, 6.07) is -14.5. The summed E-state index contributed by atoms with van der Waals surface area (Å²) in [5.74, 6) is -9.99. The fraction of sp³-hybridized carbons (Fsp3) is 0.784. The standard InChI is InChI=1S/C51H96N16O13.H2O4S/c1-8-9-10-11-12-39(70)58-31(13-19-52)46(75)67-41(30(7)69)51(80)63-34(16-22-55)43(72)62-36-18-24-57-50(79)40(29(6)68)66-47(76)35(17-23-56)60-42(71)32(14-20-53)61-48(77)37(25-27(2)3)65-49(78)38(26-28(4)5)64-44(73)33(15-21-54)59-45(36)74;1-5(2,3)4/h27-38,40-41,68-69H,8-26,52-56H2,1-7H3,(H,57,79)(H,58,70)(H,59,74)(H,60,71)(H,61,77)(H,62,72)(H,63,80)(H,64,73)(H,65,78)(H,66,76)(H,67,75);(H2,1,2,3,4)/t29-,30-,31+,32+,33+,34+,35+,36+,37+,38-,40+,41+;/m1./s1. The molecule has 1 aliphatic heterocycles. The van der Waals surface area contributed by atoms with Gasteiger partial charge in [-0.1, -0.05) is 53.9 Å². The highest BCUT2D eigenvalue weighted by molar-refractivity contribution is 7.79. The molecular formula is C51H98N16O17S. The van der Waals surface area contributed by atoms with E-state index < -0.39 is 161 Å². The SMILES string of the molecule is CCCCCCC(=O)N[C@@H](CCN)C(=O)N[C@H](C(=O)N[C@@H](CCN)C(=O)N[C@H]1CCNC(=O)[C@H]([C@@H](C)O)NC(=O)[C@H](CCN)NC(=O)[C@H](CCN)NC(=O)[C@H](CC(C)C)NC(=O)[C@@H](CC(C)C)NC(=O)[C@H](CCN)NC1=O)[C@@H](C)O.O=S(=O)(O)O. The molecule has 85 heavy (non-hydrogen) atoms. The van der Waals surface area contributed by atoms with Gasteiger partial charge in [0.25, 0.3) is 0 Å². The Balaban J connectivity index is 0.0000135. The van der Waals surface area contributed by atoms with Crippen LogP contribution in [0.1, 0.15) is 132 Å². The number of aliphatic hydroxyl groups is 2. The highest BCUT2D eigenvalue weighted by atomic mass is 32.3. The molecule has 0 saturated carbocycles.